The average Bonchev–Trinajstić information content (AvgIpc) is 2.90. The molecule has 0 aliphatic rings. The second-order valence-electron chi connectivity index (χ2n) is 5.86. The Hall–Kier alpha value is -1.83. The zero-order valence-corrected chi connectivity index (χ0v) is 15.6. The molecule has 0 unspecified atom stereocenters. The van der Waals surface area contributed by atoms with Crippen LogP contribution < -0.4 is 11.1 Å². The van der Waals surface area contributed by atoms with Gasteiger partial charge in [-0.2, -0.15) is 4.98 Å². The van der Waals surface area contributed by atoms with Crippen LogP contribution in [0.15, 0.2) is 18.5 Å². The number of halogens is 2. The van der Waals surface area contributed by atoms with E-state index in [1.54, 1.807) is 23.6 Å². The lowest BCUT2D eigenvalue weighted by Crippen LogP contribution is -2.21. The minimum atomic E-state index is -0.358. The van der Waals surface area contributed by atoms with Crippen molar-refractivity contribution in [3.05, 3.63) is 45.6 Å². The third-order valence-corrected chi connectivity index (χ3v) is 5.59. The van der Waals surface area contributed by atoms with E-state index >= 15 is 0 Å². The standard InChI is InChI=1S/C17H19ClFN5S/c1-3-11(20)6-13-9(2)14-15(25-13)16(24-17(18)23-14)22-7-10-4-5-21-8-12(10)19/h4-5,8,11H,3,6-7,20H2,1-2H3,(H,22,23,24)/t11-/m0/s1. The highest BCUT2D eigenvalue weighted by Crippen LogP contribution is 2.35. The van der Waals surface area contributed by atoms with E-state index in [4.69, 9.17) is 17.3 Å². The van der Waals surface area contributed by atoms with Crippen molar-refractivity contribution in [2.75, 3.05) is 5.32 Å². The third-order valence-electron chi connectivity index (χ3n) is 4.11. The fourth-order valence-electron chi connectivity index (χ4n) is 2.53. The van der Waals surface area contributed by atoms with E-state index in [1.165, 1.54) is 11.1 Å². The predicted octanol–water partition coefficient (Wildman–Crippen LogP) is 4.08. The van der Waals surface area contributed by atoms with Crippen molar-refractivity contribution in [2.24, 2.45) is 5.73 Å². The molecule has 0 radical (unpaired) electrons. The number of aryl methyl sites for hydroxylation is 1. The lowest BCUT2D eigenvalue weighted by atomic mass is 10.1. The normalized spacial score (nSPS) is 12.5. The van der Waals surface area contributed by atoms with Crippen LogP contribution in [-0.4, -0.2) is 21.0 Å². The molecule has 3 aromatic heterocycles. The fourth-order valence-corrected chi connectivity index (χ4v) is 4.00. The van der Waals surface area contributed by atoms with Crippen LogP contribution in [0, 0.1) is 12.7 Å². The van der Waals surface area contributed by atoms with Gasteiger partial charge in [-0.3, -0.25) is 4.98 Å². The van der Waals surface area contributed by atoms with Gasteiger partial charge < -0.3 is 11.1 Å². The zero-order valence-electron chi connectivity index (χ0n) is 14.0. The molecule has 5 nitrogen and oxygen atoms in total. The summed E-state index contributed by atoms with van der Waals surface area (Å²) >= 11 is 7.69. The maximum Gasteiger partial charge on any atom is 0.224 e. The lowest BCUT2D eigenvalue weighted by Gasteiger charge is -2.07. The van der Waals surface area contributed by atoms with Gasteiger partial charge in [0.15, 0.2) is 0 Å². The Balaban J connectivity index is 1.94. The minimum Gasteiger partial charge on any atom is -0.365 e. The third kappa shape index (κ3) is 3.89. The zero-order chi connectivity index (χ0) is 18.0. The molecule has 3 rings (SSSR count). The molecule has 0 aliphatic carbocycles. The molecule has 0 aromatic carbocycles. The summed E-state index contributed by atoms with van der Waals surface area (Å²) in [7, 11) is 0. The predicted molar refractivity (Wildman–Crippen MR) is 101 cm³/mol. The molecule has 3 N–H and O–H groups in total. The number of nitrogens with one attached hydrogen (secondary N) is 1. The Morgan fingerprint density at radius 1 is 1.40 bits per heavy atom. The average molecular weight is 380 g/mol. The van der Waals surface area contributed by atoms with Crippen LogP contribution in [0.25, 0.3) is 10.2 Å². The summed E-state index contributed by atoms with van der Waals surface area (Å²) in [4.78, 5) is 13.6. The monoisotopic (exact) mass is 379 g/mol. The molecular formula is C17H19ClFN5S. The topological polar surface area (TPSA) is 76.7 Å². The van der Waals surface area contributed by atoms with Crippen LogP contribution in [-0.2, 0) is 13.0 Å². The van der Waals surface area contributed by atoms with Crippen molar-refractivity contribution in [1.29, 1.82) is 0 Å². The summed E-state index contributed by atoms with van der Waals surface area (Å²) in [6, 6.07) is 1.74. The molecule has 0 fully saturated rings. The first-order valence-electron chi connectivity index (χ1n) is 8.03. The van der Waals surface area contributed by atoms with Crippen molar-refractivity contribution < 1.29 is 4.39 Å². The molecule has 0 aliphatic heterocycles. The first-order valence-corrected chi connectivity index (χ1v) is 9.22. The van der Waals surface area contributed by atoms with Crippen molar-refractivity contribution in [2.45, 2.75) is 39.3 Å². The summed E-state index contributed by atoms with van der Waals surface area (Å²) < 4.78 is 14.7. The Morgan fingerprint density at radius 3 is 2.92 bits per heavy atom. The first kappa shape index (κ1) is 18.0. The largest absolute Gasteiger partial charge is 0.365 e. The van der Waals surface area contributed by atoms with Crippen LogP contribution >= 0.6 is 22.9 Å². The maximum absolute atomic E-state index is 13.8. The van der Waals surface area contributed by atoms with Gasteiger partial charge in [0.2, 0.25) is 5.28 Å². The summed E-state index contributed by atoms with van der Waals surface area (Å²) in [6.45, 7) is 4.38. The molecule has 8 heteroatoms. The maximum atomic E-state index is 13.8. The minimum absolute atomic E-state index is 0.109. The Kier molecular flexibility index (Phi) is 5.46. The molecule has 0 amide bonds. The van der Waals surface area contributed by atoms with Gasteiger partial charge in [-0.05, 0) is 43.0 Å². The van der Waals surface area contributed by atoms with Crippen LogP contribution in [0.1, 0.15) is 29.3 Å². The highest BCUT2D eigenvalue weighted by atomic mass is 35.5. The number of hydrogen-bond acceptors (Lipinski definition) is 6. The van der Waals surface area contributed by atoms with E-state index in [9.17, 15) is 4.39 Å². The van der Waals surface area contributed by atoms with Gasteiger partial charge in [0.05, 0.1) is 16.4 Å². The first-order chi connectivity index (χ1) is 12.0. The van der Waals surface area contributed by atoms with E-state index in [0.29, 0.717) is 11.4 Å². The van der Waals surface area contributed by atoms with Crippen LogP contribution in [0.5, 0.6) is 0 Å². The molecule has 0 bridgehead atoms. The van der Waals surface area contributed by atoms with Crippen molar-refractivity contribution in [1.82, 2.24) is 15.0 Å². The molecule has 3 heterocycles. The number of aromatic nitrogens is 3. The quantitative estimate of drug-likeness (QED) is 0.631. The van der Waals surface area contributed by atoms with E-state index in [2.05, 4.69) is 27.2 Å². The molecule has 3 aromatic rings. The smallest absolute Gasteiger partial charge is 0.224 e. The molecule has 0 spiro atoms. The van der Waals surface area contributed by atoms with E-state index in [0.717, 1.165) is 28.6 Å². The van der Waals surface area contributed by atoms with Gasteiger partial charge in [-0.15, -0.1) is 11.3 Å². The molecule has 25 heavy (non-hydrogen) atoms. The highest BCUT2D eigenvalue weighted by molar-refractivity contribution is 7.19. The van der Waals surface area contributed by atoms with Gasteiger partial charge in [0.25, 0.3) is 0 Å². The number of nitrogens with zero attached hydrogens (tertiary/aromatic N) is 3. The second kappa shape index (κ2) is 7.59. The molecule has 0 saturated carbocycles. The van der Waals surface area contributed by atoms with Gasteiger partial charge in [0, 0.05) is 29.2 Å². The molecule has 1 atom stereocenters. The number of rotatable bonds is 6. The molecule has 0 saturated heterocycles. The lowest BCUT2D eigenvalue weighted by molar-refractivity contribution is 0.606. The van der Waals surface area contributed by atoms with Crippen LogP contribution in [0.4, 0.5) is 10.2 Å². The summed E-state index contributed by atoms with van der Waals surface area (Å²) in [6.07, 6.45) is 4.45. The Bertz CT molecular complexity index is 898. The van der Waals surface area contributed by atoms with Crippen molar-refractivity contribution >= 4 is 39.0 Å². The van der Waals surface area contributed by atoms with Gasteiger partial charge in [-0.1, -0.05) is 6.92 Å². The fraction of sp³-hybridized carbons (Fsp3) is 0.353. The summed E-state index contributed by atoms with van der Waals surface area (Å²) in [5.41, 5.74) is 8.51. The van der Waals surface area contributed by atoms with E-state index in [1.807, 2.05) is 6.92 Å². The SMILES string of the molecule is CC[C@H](N)Cc1sc2c(NCc3ccncc3F)nc(Cl)nc2c1C. The number of hydrogen-bond donors (Lipinski definition) is 2. The summed E-state index contributed by atoms with van der Waals surface area (Å²) in [5.74, 6) is 0.249. The van der Waals surface area contributed by atoms with E-state index in [-0.39, 0.29) is 23.7 Å². The number of thiophene rings is 1. The van der Waals surface area contributed by atoms with Gasteiger partial charge >= 0.3 is 0 Å². The number of fused-ring (bicyclic) bond motifs is 1. The van der Waals surface area contributed by atoms with Crippen LogP contribution in [0.3, 0.4) is 0 Å². The number of nitrogens with two attached hydrogens (primary N) is 1. The Labute approximate surface area is 154 Å². The summed E-state index contributed by atoms with van der Waals surface area (Å²) in [5, 5.41) is 3.33. The van der Waals surface area contributed by atoms with Crippen molar-refractivity contribution in [3.63, 3.8) is 0 Å². The number of pyridine rings is 1. The van der Waals surface area contributed by atoms with Gasteiger partial charge in [-0.25, -0.2) is 9.37 Å². The molecular weight excluding hydrogens is 361 g/mol. The van der Waals surface area contributed by atoms with Gasteiger partial charge in [0.1, 0.15) is 11.6 Å². The van der Waals surface area contributed by atoms with Crippen molar-refractivity contribution in [3.8, 4) is 0 Å². The second-order valence-corrected chi connectivity index (χ2v) is 7.31. The number of anilines is 1. The molecule has 132 valence electrons. The highest BCUT2D eigenvalue weighted by Gasteiger charge is 2.17. The van der Waals surface area contributed by atoms with E-state index < -0.39 is 0 Å². The Morgan fingerprint density at radius 2 is 2.20 bits per heavy atom. The van der Waals surface area contributed by atoms with Crippen LogP contribution in [0.2, 0.25) is 5.28 Å².